The van der Waals surface area contributed by atoms with E-state index in [0.717, 1.165) is 25.3 Å². The van der Waals surface area contributed by atoms with Crippen molar-refractivity contribution in [2.45, 2.75) is 32.2 Å². The van der Waals surface area contributed by atoms with Gasteiger partial charge in [-0.1, -0.05) is 24.4 Å². The molecule has 0 radical (unpaired) electrons. The quantitative estimate of drug-likeness (QED) is 0.532. The van der Waals surface area contributed by atoms with E-state index >= 15 is 0 Å². The van der Waals surface area contributed by atoms with E-state index in [9.17, 15) is 0 Å². The number of aromatic nitrogens is 2. The fraction of sp³-hybridized carbons (Fsp3) is 0.667. The van der Waals surface area contributed by atoms with Crippen LogP contribution in [-0.4, -0.2) is 15.7 Å². The predicted octanol–water partition coefficient (Wildman–Crippen LogP) is 3.34. The van der Waals surface area contributed by atoms with Crippen molar-refractivity contribution in [2.24, 2.45) is 0 Å². The van der Waals surface area contributed by atoms with Crippen LogP contribution in [0, 0.1) is 0 Å². The van der Waals surface area contributed by atoms with Crippen LogP contribution in [0.25, 0.3) is 0 Å². The summed E-state index contributed by atoms with van der Waals surface area (Å²) < 4.78 is 1.88. The van der Waals surface area contributed by atoms with E-state index in [1.165, 1.54) is 12.8 Å². The second-order valence-electron chi connectivity index (χ2n) is 3.02. The summed E-state index contributed by atoms with van der Waals surface area (Å²) in [6.45, 7) is 0.953. The fourth-order valence-electron chi connectivity index (χ4n) is 1.18. The second kappa shape index (κ2) is 6.28. The lowest BCUT2D eigenvalue weighted by Gasteiger charge is -2.00. The van der Waals surface area contributed by atoms with Crippen molar-refractivity contribution in [3.8, 4) is 0 Å². The molecule has 0 aliphatic rings. The summed E-state index contributed by atoms with van der Waals surface area (Å²) in [5.41, 5.74) is 0. The summed E-state index contributed by atoms with van der Waals surface area (Å²) in [6, 6.07) is 0. The van der Waals surface area contributed by atoms with E-state index in [1.54, 1.807) is 6.20 Å². The molecule has 0 aromatic carbocycles. The number of hydrogen-bond donors (Lipinski definition) is 0. The largest absolute Gasteiger partial charge is 0.271 e. The van der Waals surface area contributed by atoms with Crippen LogP contribution in [0.2, 0.25) is 5.02 Å². The lowest BCUT2D eigenvalue weighted by atomic mass is 10.2. The molecule has 0 aliphatic carbocycles. The first kappa shape index (κ1) is 10.9. The van der Waals surface area contributed by atoms with Gasteiger partial charge in [-0.2, -0.15) is 5.10 Å². The zero-order valence-electron chi connectivity index (χ0n) is 7.55. The van der Waals surface area contributed by atoms with Crippen molar-refractivity contribution < 1.29 is 0 Å². The molecule has 0 unspecified atom stereocenters. The average Bonchev–Trinajstić information content (AvgIpc) is 2.51. The predicted molar refractivity (Wildman–Crippen MR) is 56.4 cm³/mol. The van der Waals surface area contributed by atoms with Gasteiger partial charge in [0.25, 0.3) is 0 Å². The molecule has 0 fully saturated rings. The topological polar surface area (TPSA) is 17.8 Å². The molecule has 1 aromatic heterocycles. The minimum Gasteiger partial charge on any atom is -0.271 e. The van der Waals surface area contributed by atoms with Crippen molar-refractivity contribution in [3.63, 3.8) is 0 Å². The first-order valence-electron chi connectivity index (χ1n) is 4.57. The van der Waals surface area contributed by atoms with Crippen LogP contribution >= 0.6 is 23.2 Å². The highest BCUT2D eigenvalue weighted by atomic mass is 35.5. The van der Waals surface area contributed by atoms with Crippen LogP contribution in [0.4, 0.5) is 0 Å². The Morgan fingerprint density at radius 3 is 2.62 bits per heavy atom. The Kier molecular flexibility index (Phi) is 5.25. The molecule has 0 amide bonds. The standard InChI is InChI=1S/C9H14Cl2N2/c10-5-3-1-2-4-6-13-8-9(11)7-12-13/h7-8H,1-6H2. The van der Waals surface area contributed by atoms with E-state index in [1.807, 2.05) is 10.9 Å². The molecule has 0 bridgehead atoms. The van der Waals surface area contributed by atoms with Gasteiger partial charge in [0, 0.05) is 18.6 Å². The molecule has 0 aliphatic heterocycles. The van der Waals surface area contributed by atoms with Crippen molar-refractivity contribution in [3.05, 3.63) is 17.4 Å². The molecule has 0 saturated heterocycles. The lowest BCUT2D eigenvalue weighted by Crippen LogP contribution is -1.97. The number of aryl methyl sites for hydroxylation is 1. The van der Waals surface area contributed by atoms with Gasteiger partial charge in [0.1, 0.15) is 0 Å². The maximum atomic E-state index is 5.72. The number of hydrogen-bond acceptors (Lipinski definition) is 1. The molecule has 1 aromatic rings. The number of nitrogens with zero attached hydrogens (tertiary/aromatic N) is 2. The molecule has 13 heavy (non-hydrogen) atoms. The Balaban J connectivity index is 2.06. The van der Waals surface area contributed by atoms with Gasteiger partial charge in [-0.25, -0.2) is 0 Å². The normalized spacial score (nSPS) is 10.6. The summed E-state index contributed by atoms with van der Waals surface area (Å²) in [7, 11) is 0. The molecule has 0 spiro atoms. The van der Waals surface area contributed by atoms with Crippen LogP contribution in [0.1, 0.15) is 25.7 Å². The molecule has 1 heterocycles. The summed E-state index contributed by atoms with van der Waals surface area (Å²) >= 11 is 11.3. The first-order chi connectivity index (χ1) is 6.33. The van der Waals surface area contributed by atoms with Crippen molar-refractivity contribution in [2.75, 3.05) is 5.88 Å². The Labute approximate surface area is 88.8 Å². The SMILES string of the molecule is ClCCCCCCn1cc(Cl)cn1. The van der Waals surface area contributed by atoms with Gasteiger partial charge in [0.05, 0.1) is 11.2 Å². The molecule has 2 nitrogen and oxygen atoms in total. The molecular weight excluding hydrogens is 207 g/mol. The monoisotopic (exact) mass is 220 g/mol. The van der Waals surface area contributed by atoms with Crippen LogP contribution in [0.15, 0.2) is 12.4 Å². The Hall–Kier alpha value is -0.210. The third kappa shape index (κ3) is 4.53. The van der Waals surface area contributed by atoms with Gasteiger partial charge in [-0.15, -0.1) is 11.6 Å². The van der Waals surface area contributed by atoms with E-state index in [4.69, 9.17) is 23.2 Å². The maximum Gasteiger partial charge on any atom is 0.0785 e. The number of rotatable bonds is 6. The molecular formula is C9H14Cl2N2. The molecule has 1 rings (SSSR count). The van der Waals surface area contributed by atoms with Gasteiger partial charge in [-0.3, -0.25) is 4.68 Å². The molecule has 0 N–H and O–H groups in total. The zero-order chi connectivity index (χ0) is 9.52. The van der Waals surface area contributed by atoms with E-state index in [-0.39, 0.29) is 0 Å². The third-order valence-corrected chi connectivity index (χ3v) is 2.34. The Morgan fingerprint density at radius 2 is 2.00 bits per heavy atom. The highest BCUT2D eigenvalue weighted by molar-refractivity contribution is 6.30. The van der Waals surface area contributed by atoms with Crippen LogP contribution in [-0.2, 0) is 6.54 Å². The summed E-state index contributed by atoms with van der Waals surface area (Å²) in [5.74, 6) is 0.771. The van der Waals surface area contributed by atoms with Crippen molar-refractivity contribution >= 4 is 23.2 Å². The summed E-state index contributed by atoms with van der Waals surface area (Å²) in [6.07, 6.45) is 8.20. The maximum absolute atomic E-state index is 5.72. The van der Waals surface area contributed by atoms with E-state index in [2.05, 4.69) is 5.10 Å². The van der Waals surface area contributed by atoms with Crippen molar-refractivity contribution in [1.82, 2.24) is 9.78 Å². The first-order valence-corrected chi connectivity index (χ1v) is 5.48. The Bertz CT molecular complexity index is 235. The fourth-order valence-corrected chi connectivity index (χ4v) is 1.53. The average molecular weight is 221 g/mol. The van der Waals surface area contributed by atoms with Gasteiger partial charge in [-0.05, 0) is 12.8 Å². The van der Waals surface area contributed by atoms with Gasteiger partial charge >= 0.3 is 0 Å². The Morgan fingerprint density at radius 1 is 1.23 bits per heavy atom. The van der Waals surface area contributed by atoms with Gasteiger partial charge in [0.2, 0.25) is 0 Å². The second-order valence-corrected chi connectivity index (χ2v) is 3.84. The highest BCUT2D eigenvalue weighted by Gasteiger charge is 1.94. The third-order valence-electron chi connectivity index (χ3n) is 1.87. The minimum atomic E-state index is 0.709. The molecule has 0 saturated carbocycles. The van der Waals surface area contributed by atoms with Gasteiger partial charge in [0.15, 0.2) is 0 Å². The van der Waals surface area contributed by atoms with Crippen LogP contribution < -0.4 is 0 Å². The number of halogens is 2. The molecule has 0 atom stereocenters. The van der Waals surface area contributed by atoms with Gasteiger partial charge < -0.3 is 0 Å². The van der Waals surface area contributed by atoms with Crippen LogP contribution in [0.5, 0.6) is 0 Å². The zero-order valence-corrected chi connectivity index (χ0v) is 9.06. The van der Waals surface area contributed by atoms with Crippen LogP contribution in [0.3, 0.4) is 0 Å². The smallest absolute Gasteiger partial charge is 0.0785 e. The molecule has 74 valence electrons. The number of unbranched alkanes of at least 4 members (excludes halogenated alkanes) is 3. The number of alkyl halides is 1. The molecule has 4 heteroatoms. The van der Waals surface area contributed by atoms with Crippen molar-refractivity contribution in [1.29, 1.82) is 0 Å². The van der Waals surface area contributed by atoms with E-state index < -0.39 is 0 Å². The lowest BCUT2D eigenvalue weighted by molar-refractivity contribution is 0.542. The summed E-state index contributed by atoms with van der Waals surface area (Å²) in [5, 5.41) is 4.80. The summed E-state index contributed by atoms with van der Waals surface area (Å²) in [4.78, 5) is 0. The van der Waals surface area contributed by atoms with E-state index in [0.29, 0.717) is 5.02 Å². The highest BCUT2D eigenvalue weighted by Crippen LogP contribution is 2.07. The minimum absolute atomic E-state index is 0.709.